The van der Waals surface area contributed by atoms with E-state index in [9.17, 15) is 18.0 Å². The van der Waals surface area contributed by atoms with Gasteiger partial charge in [-0.25, -0.2) is 8.42 Å². The van der Waals surface area contributed by atoms with Crippen LogP contribution in [0.1, 0.15) is 24.3 Å². The van der Waals surface area contributed by atoms with Crippen molar-refractivity contribution in [3.05, 3.63) is 18.0 Å². The van der Waals surface area contributed by atoms with Gasteiger partial charge in [-0.1, -0.05) is 13.8 Å². The monoisotopic (exact) mass is 331 g/mol. The molecule has 1 aromatic rings. The summed E-state index contributed by atoms with van der Waals surface area (Å²) in [4.78, 5) is 23.9. The Balaban J connectivity index is 3.16. The lowest BCUT2D eigenvalue weighted by molar-refractivity contribution is -0.137. The van der Waals surface area contributed by atoms with Gasteiger partial charge in [-0.3, -0.25) is 9.59 Å². The van der Waals surface area contributed by atoms with Gasteiger partial charge in [0.15, 0.2) is 0 Å². The van der Waals surface area contributed by atoms with Crippen molar-refractivity contribution < 1.29 is 23.1 Å². The first-order valence-electron chi connectivity index (χ1n) is 6.78. The molecule has 1 rings (SSSR count). The van der Waals surface area contributed by atoms with Crippen LogP contribution in [0.5, 0.6) is 0 Å². The maximum atomic E-state index is 12.4. The van der Waals surface area contributed by atoms with Crippen molar-refractivity contribution in [2.24, 2.45) is 7.05 Å². The van der Waals surface area contributed by atoms with E-state index in [1.165, 1.54) is 28.2 Å². The van der Waals surface area contributed by atoms with Gasteiger partial charge in [-0.15, -0.1) is 0 Å². The third kappa shape index (κ3) is 3.66. The van der Waals surface area contributed by atoms with E-state index in [-0.39, 0.29) is 10.6 Å². The van der Waals surface area contributed by atoms with Crippen LogP contribution in [0.4, 0.5) is 0 Å². The Morgan fingerprint density at radius 3 is 2.27 bits per heavy atom. The van der Waals surface area contributed by atoms with Crippen molar-refractivity contribution >= 4 is 21.9 Å². The van der Waals surface area contributed by atoms with Crippen LogP contribution in [0.15, 0.2) is 17.2 Å². The van der Waals surface area contributed by atoms with Gasteiger partial charge in [0.1, 0.15) is 17.1 Å². The number of hydrogen-bond acceptors (Lipinski definition) is 4. The second-order valence-corrected chi connectivity index (χ2v) is 6.75. The molecule has 9 heteroatoms. The molecular formula is C13H21N3O5S. The summed E-state index contributed by atoms with van der Waals surface area (Å²) < 4.78 is 27.5. The molecule has 22 heavy (non-hydrogen) atoms. The molecule has 1 amide bonds. The van der Waals surface area contributed by atoms with Crippen molar-refractivity contribution in [1.29, 1.82) is 0 Å². The molecule has 1 heterocycles. The van der Waals surface area contributed by atoms with E-state index >= 15 is 0 Å². The standard InChI is InChI=1S/C13H21N3O5S/c1-5-16(6-2)22(20,21)10-7-11(14(3)8-10)13(19)15(4)9-12(17)18/h7-8H,5-6,9H2,1-4H3,(H,17,18). The molecule has 0 aliphatic carbocycles. The van der Waals surface area contributed by atoms with Crippen LogP contribution >= 0.6 is 0 Å². The summed E-state index contributed by atoms with van der Waals surface area (Å²) in [5, 5.41) is 8.72. The minimum atomic E-state index is -3.66. The van der Waals surface area contributed by atoms with Crippen LogP contribution in [0.3, 0.4) is 0 Å². The number of carbonyl (C=O) groups excluding carboxylic acids is 1. The van der Waals surface area contributed by atoms with Gasteiger partial charge < -0.3 is 14.6 Å². The smallest absolute Gasteiger partial charge is 0.323 e. The Bertz CT molecular complexity index is 661. The number of nitrogens with zero attached hydrogens (tertiary/aromatic N) is 3. The van der Waals surface area contributed by atoms with Gasteiger partial charge in [0.2, 0.25) is 10.0 Å². The highest BCUT2D eigenvalue weighted by molar-refractivity contribution is 7.89. The zero-order valence-electron chi connectivity index (χ0n) is 13.1. The van der Waals surface area contributed by atoms with Gasteiger partial charge in [-0.2, -0.15) is 4.31 Å². The molecule has 1 N–H and O–H groups in total. The van der Waals surface area contributed by atoms with Gasteiger partial charge in [0, 0.05) is 33.4 Å². The topological polar surface area (TPSA) is 99.9 Å². The second-order valence-electron chi connectivity index (χ2n) is 4.82. The molecule has 0 aromatic carbocycles. The molecule has 0 aliphatic rings. The van der Waals surface area contributed by atoms with Crippen LogP contribution in [0.25, 0.3) is 0 Å². The van der Waals surface area contributed by atoms with E-state index in [0.29, 0.717) is 13.1 Å². The highest BCUT2D eigenvalue weighted by atomic mass is 32.2. The number of carboxylic acid groups (broad SMARTS) is 1. The Hall–Kier alpha value is -1.87. The first kappa shape index (κ1) is 18.2. The molecule has 0 fully saturated rings. The van der Waals surface area contributed by atoms with Crippen molar-refractivity contribution in [2.45, 2.75) is 18.7 Å². The van der Waals surface area contributed by atoms with E-state index in [4.69, 9.17) is 5.11 Å². The first-order valence-corrected chi connectivity index (χ1v) is 8.22. The van der Waals surface area contributed by atoms with Crippen molar-refractivity contribution in [3.63, 3.8) is 0 Å². The van der Waals surface area contributed by atoms with Gasteiger partial charge in [0.25, 0.3) is 5.91 Å². The number of aryl methyl sites for hydroxylation is 1. The van der Waals surface area contributed by atoms with E-state index in [2.05, 4.69) is 0 Å². The quantitative estimate of drug-likeness (QED) is 0.770. The predicted octanol–water partition coefficient (Wildman–Crippen LogP) is 0.212. The Kier molecular flexibility index (Phi) is 5.72. The fraction of sp³-hybridized carbons (Fsp3) is 0.538. The summed E-state index contributed by atoms with van der Waals surface area (Å²) in [6.45, 7) is 3.67. The number of amides is 1. The van der Waals surface area contributed by atoms with E-state index in [0.717, 1.165) is 4.90 Å². The fourth-order valence-electron chi connectivity index (χ4n) is 2.07. The number of aromatic nitrogens is 1. The average molecular weight is 331 g/mol. The predicted molar refractivity (Wildman–Crippen MR) is 80.1 cm³/mol. The van der Waals surface area contributed by atoms with Crippen LogP contribution in [0, 0.1) is 0 Å². The van der Waals surface area contributed by atoms with Crippen molar-refractivity contribution in [3.8, 4) is 0 Å². The molecule has 0 radical (unpaired) electrons. The van der Waals surface area contributed by atoms with Crippen LogP contribution in [-0.4, -0.2) is 65.9 Å². The van der Waals surface area contributed by atoms with E-state index < -0.39 is 28.4 Å². The van der Waals surface area contributed by atoms with Gasteiger partial charge in [0.05, 0.1) is 0 Å². The molecule has 0 atom stereocenters. The number of carbonyl (C=O) groups is 2. The lowest BCUT2D eigenvalue weighted by atomic mass is 10.3. The van der Waals surface area contributed by atoms with Crippen LogP contribution in [0.2, 0.25) is 0 Å². The Morgan fingerprint density at radius 2 is 1.82 bits per heavy atom. The molecule has 0 saturated heterocycles. The summed E-state index contributed by atoms with van der Waals surface area (Å²) in [6.07, 6.45) is 1.36. The molecule has 0 bridgehead atoms. The minimum absolute atomic E-state index is 0.0192. The normalized spacial score (nSPS) is 11.7. The number of aliphatic carboxylic acids is 1. The van der Waals surface area contributed by atoms with Gasteiger partial charge in [-0.05, 0) is 6.07 Å². The number of sulfonamides is 1. The zero-order chi connectivity index (χ0) is 17.1. The molecular weight excluding hydrogens is 310 g/mol. The number of likely N-dealkylation sites (N-methyl/N-ethyl adjacent to an activating group) is 1. The first-order chi connectivity index (χ1) is 10.1. The molecule has 0 aliphatic heterocycles. The van der Waals surface area contributed by atoms with Crippen molar-refractivity contribution in [1.82, 2.24) is 13.8 Å². The average Bonchev–Trinajstić information content (AvgIpc) is 2.81. The molecule has 124 valence electrons. The Morgan fingerprint density at radius 1 is 1.27 bits per heavy atom. The number of carboxylic acids is 1. The minimum Gasteiger partial charge on any atom is -0.480 e. The molecule has 0 saturated carbocycles. The second kappa shape index (κ2) is 6.93. The van der Waals surface area contributed by atoms with Gasteiger partial charge >= 0.3 is 5.97 Å². The number of hydrogen-bond donors (Lipinski definition) is 1. The van der Waals surface area contributed by atoms with Crippen LogP contribution in [-0.2, 0) is 21.9 Å². The fourth-order valence-corrected chi connectivity index (χ4v) is 3.60. The highest BCUT2D eigenvalue weighted by Crippen LogP contribution is 2.19. The SMILES string of the molecule is CCN(CC)S(=O)(=O)c1cc(C(=O)N(C)CC(=O)O)n(C)c1. The van der Waals surface area contributed by atoms with E-state index in [1.807, 2.05) is 0 Å². The highest BCUT2D eigenvalue weighted by Gasteiger charge is 2.26. The molecule has 0 unspecified atom stereocenters. The summed E-state index contributed by atoms with van der Waals surface area (Å²) >= 11 is 0. The molecule has 1 aromatic heterocycles. The third-order valence-electron chi connectivity index (χ3n) is 3.26. The molecule has 8 nitrogen and oxygen atoms in total. The van der Waals surface area contributed by atoms with Crippen LogP contribution < -0.4 is 0 Å². The molecule has 0 spiro atoms. The summed E-state index contributed by atoms with van der Waals surface area (Å²) in [7, 11) is -0.766. The lowest BCUT2D eigenvalue weighted by Gasteiger charge is -2.17. The summed E-state index contributed by atoms with van der Waals surface area (Å²) in [6, 6.07) is 1.27. The zero-order valence-corrected chi connectivity index (χ0v) is 13.9. The summed E-state index contributed by atoms with van der Waals surface area (Å²) in [5.41, 5.74) is 0.120. The Labute approximate surface area is 130 Å². The number of rotatable bonds is 7. The van der Waals surface area contributed by atoms with Crippen molar-refractivity contribution in [2.75, 3.05) is 26.7 Å². The lowest BCUT2D eigenvalue weighted by Crippen LogP contribution is -2.33. The largest absolute Gasteiger partial charge is 0.480 e. The maximum Gasteiger partial charge on any atom is 0.323 e. The maximum absolute atomic E-state index is 12.4. The third-order valence-corrected chi connectivity index (χ3v) is 5.28. The van der Waals surface area contributed by atoms with E-state index in [1.54, 1.807) is 20.9 Å². The summed E-state index contributed by atoms with van der Waals surface area (Å²) in [5.74, 6) is -1.69.